The molecule has 0 aliphatic heterocycles. The largest absolute Gasteiger partial charge is 0.508 e. The molecule has 1 aromatic heterocycles. The van der Waals surface area contributed by atoms with Crippen molar-refractivity contribution < 1.29 is 9.90 Å². The number of hydrogen-bond acceptors (Lipinski definition) is 6. The summed E-state index contributed by atoms with van der Waals surface area (Å²) in [6, 6.07) is 24.6. The lowest BCUT2D eigenvalue weighted by molar-refractivity contribution is -0.118. The van der Waals surface area contributed by atoms with E-state index in [1.165, 1.54) is 11.8 Å². The lowest BCUT2D eigenvalue weighted by atomic mass is 10.1. The predicted octanol–water partition coefficient (Wildman–Crippen LogP) is 4.58. The summed E-state index contributed by atoms with van der Waals surface area (Å²) < 4.78 is 1.96. The number of hydrazone groups is 1. The fourth-order valence-corrected chi connectivity index (χ4v) is 3.88. The average molecular weight is 458 g/mol. The highest BCUT2D eigenvalue weighted by Gasteiger charge is 2.17. The summed E-state index contributed by atoms with van der Waals surface area (Å²) in [5.74, 6) is 0.770. The van der Waals surface area contributed by atoms with Gasteiger partial charge in [-0.25, -0.2) is 5.43 Å². The van der Waals surface area contributed by atoms with Crippen molar-refractivity contribution in [1.29, 1.82) is 0 Å². The fourth-order valence-electron chi connectivity index (χ4n) is 3.14. The van der Waals surface area contributed by atoms with Crippen molar-refractivity contribution in [2.75, 3.05) is 5.75 Å². The Morgan fingerprint density at radius 3 is 2.39 bits per heavy atom. The van der Waals surface area contributed by atoms with E-state index in [0.717, 1.165) is 22.4 Å². The normalized spacial score (nSPS) is 11.4. The first-order chi connectivity index (χ1) is 16.0. The summed E-state index contributed by atoms with van der Waals surface area (Å²) in [6.07, 6.45) is 0. The minimum atomic E-state index is -0.252. The fraction of sp³-hybridized carbons (Fsp3) is 0.120. The molecule has 166 valence electrons. The minimum absolute atomic E-state index is 0.130. The molecule has 4 aromatic rings. The number of phenolic OH excluding ortho intramolecular Hbond substituents is 1. The van der Waals surface area contributed by atoms with Crippen molar-refractivity contribution in [2.24, 2.45) is 5.10 Å². The highest BCUT2D eigenvalue weighted by Crippen LogP contribution is 2.28. The molecule has 0 aliphatic rings. The molecule has 1 heterocycles. The summed E-state index contributed by atoms with van der Waals surface area (Å²) in [7, 11) is 0. The maximum atomic E-state index is 12.4. The summed E-state index contributed by atoms with van der Waals surface area (Å²) >= 11 is 1.29. The van der Waals surface area contributed by atoms with Crippen molar-refractivity contribution in [1.82, 2.24) is 20.2 Å². The van der Waals surface area contributed by atoms with Crippen molar-refractivity contribution in [3.63, 3.8) is 0 Å². The molecule has 4 rings (SSSR count). The van der Waals surface area contributed by atoms with E-state index < -0.39 is 0 Å². The molecular weight excluding hydrogens is 434 g/mol. The van der Waals surface area contributed by atoms with Gasteiger partial charge in [0, 0.05) is 11.3 Å². The Bertz CT molecular complexity index is 1270. The molecule has 1 amide bonds. The van der Waals surface area contributed by atoms with Gasteiger partial charge in [0.25, 0.3) is 5.91 Å². The molecule has 8 heteroatoms. The SMILES string of the molecule is C/C(=N\NC(=O)CSc1nnc(-c2ccccc2)n1-c1ccc(C)cc1)c1ccc(O)cc1. The Labute approximate surface area is 196 Å². The quantitative estimate of drug-likeness (QED) is 0.241. The van der Waals surface area contributed by atoms with Crippen molar-refractivity contribution in [3.05, 3.63) is 90.0 Å². The third-order valence-electron chi connectivity index (χ3n) is 4.92. The van der Waals surface area contributed by atoms with Crippen LogP contribution in [0.15, 0.2) is 89.1 Å². The third kappa shape index (κ3) is 5.48. The topological polar surface area (TPSA) is 92.4 Å². The molecule has 0 aliphatic carbocycles. The zero-order chi connectivity index (χ0) is 23.2. The number of benzene rings is 3. The first-order valence-electron chi connectivity index (χ1n) is 10.3. The van der Waals surface area contributed by atoms with Crippen LogP contribution in [0.25, 0.3) is 17.1 Å². The van der Waals surface area contributed by atoms with Crippen LogP contribution in [0.5, 0.6) is 5.75 Å². The van der Waals surface area contributed by atoms with Gasteiger partial charge in [0.15, 0.2) is 11.0 Å². The van der Waals surface area contributed by atoms with Gasteiger partial charge in [-0.05, 0) is 55.8 Å². The van der Waals surface area contributed by atoms with Crippen molar-refractivity contribution >= 4 is 23.4 Å². The number of phenols is 1. The zero-order valence-electron chi connectivity index (χ0n) is 18.3. The Balaban J connectivity index is 1.51. The molecule has 3 aromatic carbocycles. The number of carbonyl (C=O) groups excluding carboxylic acids is 1. The van der Waals surface area contributed by atoms with Gasteiger partial charge in [-0.2, -0.15) is 5.10 Å². The molecule has 0 unspecified atom stereocenters. The van der Waals surface area contributed by atoms with E-state index in [2.05, 4.69) is 20.7 Å². The average Bonchev–Trinajstić information content (AvgIpc) is 3.26. The van der Waals surface area contributed by atoms with E-state index in [-0.39, 0.29) is 17.4 Å². The van der Waals surface area contributed by atoms with E-state index in [9.17, 15) is 9.90 Å². The number of aromatic hydroxyl groups is 1. The molecule has 0 radical (unpaired) electrons. The smallest absolute Gasteiger partial charge is 0.250 e. The van der Waals surface area contributed by atoms with Crippen LogP contribution in [0, 0.1) is 6.92 Å². The Morgan fingerprint density at radius 1 is 1.00 bits per heavy atom. The van der Waals surface area contributed by atoms with Crippen LogP contribution in [-0.4, -0.2) is 37.2 Å². The summed E-state index contributed by atoms with van der Waals surface area (Å²) in [5, 5.41) is 22.9. The predicted molar refractivity (Wildman–Crippen MR) is 131 cm³/mol. The lowest BCUT2D eigenvalue weighted by Crippen LogP contribution is -2.21. The Kier molecular flexibility index (Phi) is 6.85. The molecular formula is C25H23N5O2S. The van der Waals surface area contributed by atoms with Crippen molar-refractivity contribution in [2.45, 2.75) is 19.0 Å². The highest BCUT2D eigenvalue weighted by atomic mass is 32.2. The zero-order valence-corrected chi connectivity index (χ0v) is 19.1. The van der Waals surface area contributed by atoms with Gasteiger partial charge in [0.05, 0.1) is 11.5 Å². The first kappa shape index (κ1) is 22.3. The summed E-state index contributed by atoms with van der Waals surface area (Å²) in [5.41, 5.74) is 7.05. The second kappa shape index (κ2) is 10.1. The molecule has 33 heavy (non-hydrogen) atoms. The van der Waals surface area contributed by atoms with Gasteiger partial charge in [0.2, 0.25) is 0 Å². The molecule has 0 spiro atoms. The number of amides is 1. The van der Waals surface area contributed by atoms with Crippen LogP contribution in [-0.2, 0) is 4.79 Å². The van der Waals surface area contributed by atoms with E-state index in [4.69, 9.17) is 0 Å². The molecule has 0 saturated heterocycles. The van der Waals surface area contributed by atoms with Gasteiger partial charge in [-0.3, -0.25) is 9.36 Å². The second-order valence-electron chi connectivity index (χ2n) is 7.41. The van der Waals surface area contributed by atoms with Gasteiger partial charge in [0.1, 0.15) is 5.75 Å². The molecule has 0 saturated carbocycles. The molecule has 2 N–H and O–H groups in total. The van der Waals surface area contributed by atoms with Crippen LogP contribution < -0.4 is 5.43 Å². The number of hydrogen-bond donors (Lipinski definition) is 2. The van der Waals surface area contributed by atoms with Crippen LogP contribution in [0.4, 0.5) is 0 Å². The number of carbonyl (C=O) groups is 1. The van der Waals surface area contributed by atoms with E-state index in [1.54, 1.807) is 31.2 Å². The number of nitrogens with zero attached hydrogens (tertiary/aromatic N) is 4. The lowest BCUT2D eigenvalue weighted by Gasteiger charge is -2.10. The highest BCUT2D eigenvalue weighted by molar-refractivity contribution is 7.99. The van der Waals surface area contributed by atoms with Crippen LogP contribution in [0.2, 0.25) is 0 Å². The summed E-state index contributed by atoms with van der Waals surface area (Å²) in [6.45, 7) is 3.83. The molecule has 0 atom stereocenters. The Hall–Kier alpha value is -3.91. The number of rotatable bonds is 7. The van der Waals surface area contributed by atoms with Gasteiger partial charge in [-0.15, -0.1) is 10.2 Å². The monoisotopic (exact) mass is 457 g/mol. The van der Waals surface area contributed by atoms with Gasteiger partial charge in [-0.1, -0.05) is 59.8 Å². The van der Waals surface area contributed by atoms with Crippen LogP contribution >= 0.6 is 11.8 Å². The van der Waals surface area contributed by atoms with Gasteiger partial charge < -0.3 is 5.11 Å². The number of aryl methyl sites for hydroxylation is 1. The number of nitrogens with one attached hydrogen (secondary N) is 1. The molecule has 7 nitrogen and oxygen atoms in total. The summed E-state index contributed by atoms with van der Waals surface area (Å²) in [4.78, 5) is 12.4. The van der Waals surface area contributed by atoms with E-state index in [1.807, 2.05) is 66.1 Å². The Morgan fingerprint density at radius 2 is 1.70 bits per heavy atom. The molecule has 0 fully saturated rings. The maximum absolute atomic E-state index is 12.4. The second-order valence-corrected chi connectivity index (χ2v) is 8.35. The maximum Gasteiger partial charge on any atom is 0.250 e. The minimum Gasteiger partial charge on any atom is -0.508 e. The molecule has 0 bridgehead atoms. The van der Waals surface area contributed by atoms with Gasteiger partial charge >= 0.3 is 0 Å². The number of thioether (sulfide) groups is 1. The van der Waals surface area contributed by atoms with E-state index >= 15 is 0 Å². The van der Waals surface area contributed by atoms with Crippen molar-refractivity contribution in [3.8, 4) is 22.8 Å². The first-order valence-corrected chi connectivity index (χ1v) is 11.3. The number of aromatic nitrogens is 3. The standard InChI is InChI=1S/C25H23N5O2S/c1-17-8-12-21(13-9-17)30-24(20-6-4-3-5-7-20)28-29-25(30)33-16-23(32)27-26-18(2)19-10-14-22(31)15-11-19/h3-15,31H,16H2,1-2H3,(H,27,32)/b26-18+. The van der Waals surface area contributed by atoms with Crippen LogP contribution in [0.1, 0.15) is 18.1 Å². The third-order valence-corrected chi connectivity index (χ3v) is 5.85. The van der Waals surface area contributed by atoms with E-state index in [0.29, 0.717) is 16.7 Å². The van der Waals surface area contributed by atoms with Crippen LogP contribution in [0.3, 0.4) is 0 Å².